The van der Waals surface area contributed by atoms with E-state index in [-0.39, 0.29) is 5.41 Å². The Bertz CT molecular complexity index is 216. The van der Waals surface area contributed by atoms with Gasteiger partial charge in [0.15, 0.2) is 0 Å². The third-order valence-corrected chi connectivity index (χ3v) is 4.76. The molecule has 94 valence electrons. The lowest BCUT2D eigenvalue weighted by molar-refractivity contribution is -0.136. The maximum atomic E-state index is 11.0. The van der Waals surface area contributed by atoms with E-state index in [2.05, 4.69) is 0 Å². The first kappa shape index (κ1) is 12.3. The molecule has 3 N–H and O–H groups in total. The molecule has 0 aromatic heterocycles. The lowest BCUT2D eigenvalue weighted by atomic mass is 9.63. The molecule has 1 aliphatic heterocycles. The fourth-order valence-corrected chi connectivity index (χ4v) is 3.47. The molecule has 2 aliphatic rings. The molecule has 0 radical (unpaired) electrons. The average molecular weight is 227 g/mol. The molecule has 1 saturated carbocycles. The van der Waals surface area contributed by atoms with E-state index in [1.54, 1.807) is 0 Å². The zero-order valence-corrected chi connectivity index (χ0v) is 10.2. The van der Waals surface area contributed by atoms with Gasteiger partial charge in [-0.05, 0) is 25.7 Å². The molecule has 0 spiro atoms. The van der Waals surface area contributed by atoms with Crippen LogP contribution in [0.2, 0.25) is 0 Å². The molecule has 0 aromatic carbocycles. The lowest BCUT2D eigenvalue weighted by Crippen LogP contribution is -2.55. The molecule has 0 amide bonds. The first-order valence-corrected chi connectivity index (χ1v) is 6.73. The molecule has 3 nitrogen and oxygen atoms in total. The fraction of sp³-hybridized carbons (Fsp3) is 1.00. The van der Waals surface area contributed by atoms with E-state index in [0.717, 1.165) is 51.7 Å². The van der Waals surface area contributed by atoms with Crippen LogP contribution in [-0.4, -0.2) is 30.5 Å². The van der Waals surface area contributed by atoms with Gasteiger partial charge in [-0.3, -0.25) is 0 Å². The van der Waals surface area contributed by atoms with Gasteiger partial charge in [0.05, 0.1) is 5.60 Å². The van der Waals surface area contributed by atoms with E-state index in [1.165, 1.54) is 12.8 Å². The van der Waals surface area contributed by atoms with Gasteiger partial charge in [0, 0.05) is 25.2 Å². The summed E-state index contributed by atoms with van der Waals surface area (Å²) in [4.78, 5) is 0. The van der Waals surface area contributed by atoms with Crippen molar-refractivity contribution in [2.45, 2.75) is 57.0 Å². The predicted molar refractivity (Wildman–Crippen MR) is 64.2 cm³/mol. The Morgan fingerprint density at radius 1 is 0.938 bits per heavy atom. The zero-order valence-electron chi connectivity index (χ0n) is 10.2. The van der Waals surface area contributed by atoms with Crippen LogP contribution in [0.1, 0.15) is 51.4 Å². The van der Waals surface area contributed by atoms with E-state index < -0.39 is 5.60 Å². The number of aliphatic hydroxyl groups is 1. The summed E-state index contributed by atoms with van der Waals surface area (Å²) in [5.41, 5.74) is 5.39. The number of hydrogen-bond acceptors (Lipinski definition) is 3. The van der Waals surface area contributed by atoms with Crippen LogP contribution in [0.25, 0.3) is 0 Å². The maximum absolute atomic E-state index is 11.0. The van der Waals surface area contributed by atoms with Crippen LogP contribution in [-0.2, 0) is 4.74 Å². The van der Waals surface area contributed by atoms with Gasteiger partial charge in [0.25, 0.3) is 0 Å². The Balaban J connectivity index is 2.16. The van der Waals surface area contributed by atoms with Crippen LogP contribution >= 0.6 is 0 Å². The summed E-state index contributed by atoms with van der Waals surface area (Å²) in [6, 6.07) is 0. The van der Waals surface area contributed by atoms with Gasteiger partial charge in [-0.15, -0.1) is 0 Å². The molecule has 2 rings (SSSR count). The summed E-state index contributed by atoms with van der Waals surface area (Å²) in [6.45, 7) is 2.13. The van der Waals surface area contributed by atoms with E-state index in [9.17, 15) is 5.11 Å². The van der Waals surface area contributed by atoms with Gasteiger partial charge in [0.1, 0.15) is 0 Å². The minimum absolute atomic E-state index is 0.0738. The topological polar surface area (TPSA) is 55.5 Å². The molecule has 0 unspecified atom stereocenters. The van der Waals surface area contributed by atoms with Crippen LogP contribution in [0, 0.1) is 5.41 Å². The van der Waals surface area contributed by atoms with E-state index >= 15 is 0 Å². The summed E-state index contributed by atoms with van der Waals surface area (Å²) < 4.78 is 5.43. The van der Waals surface area contributed by atoms with E-state index in [0.29, 0.717) is 6.54 Å². The number of rotatable bonds is 2. The minimum atomic E-state index is -0.526. The highest BCUT2D eigenvalue weighted by molar-refractivity contribution is 5.01. The molecule has 3 heteroatoms. The summed E-state index contributed by atoms with van der Waals surface area (Å²) in [7, 11) is 0. The van der Waals surface area contributed by atoms with Crippen molar-refractivity contribution in [1.29, 1.82) is 0 Å². The summed E-state index contributed by atoms with van der Waals surface area (Å²) in [5, 5.41) is 11.0. The van der Waals surface area contributed by atoms with Gasteiger partial charge in [-0.25, -0.2) is 0 Å². The SMILES string of the molecule is NCC1(C2(O)CCCCCC2)CCOCC1. The van der Waals surface area contributed by atoms with Crippen molar-refractivity contribution in [1.82, 2.24) is 0 Å². The smallest absolute Gasteiger partial charge is 0.0717 e. The normalized spacial score (nSPS) is 29.6. The third-order valence-electron chi connectivity index (χ3n) is 4.76. The summed E-state index contributed by atoms with van der Waals surface area (Å²) in [5.74, 6) is 0. The number of ether oxygens (including phenoxy) is 1. The maximum Gasteiger partial charge on any atom is 0.0717 e. The Labute approximate surface area is 98.4 Å². The molecule has 0 bridgehead atoms. The van der Waals surface area contributed by atoms with Crippen LogP contribution in [0.15, 0.2) is 0 Å². The number of nitrogens with two attached hydrogens (primary N) is 1. The zero-order chi connectivity index (χ0) is 11.5. The van der Waals surface area contributed by atoms with E-state index in [4.69, 9.17) is 10.5 Å². The van der Waals surface area contributed by atoms with Crippen molar-refractivity contribution >= 4 is 0 Å². The highest BCUT2D eigenvalue weighted by Gasteiger charge is 2.49. The molecule has 2 fully saturated rings. The first-order valence-electron chi connectivity index (χ1n) is 6.73. The third kappa shape index (κ3) is 2.13. The van der Waals surface area contributed by atoms with Gasteiger partial charge >= 0.3 is 0 Å². The predicted octanol–water partition coefficient (Wildman–Crippen LogP) is 1.83. The molecule has 1 aliphatic carbocycles. The molecule has 1 heterocycles. The van der Waals surface area contributed by atoms with Crippen molar-refractivity contribution in [3.8, 4) is 0 Å². The van der Waals surface area contributed by atoms with Gasteiger partial charge in [-0.1, -0.05) is 25.7 Å². The minimum Gasteiger partial charge on any atom is -0.389 e. The molecule has 0 atom stereocenters. The molecular formula is C13H25NO2. The fourth-order valence-electron chi connectivity index (χ4n) is 3.47. The van der Waals surface area contributed by atoms with Gasteiger partial charge in [-0.2, -0.15) is 0 Å². The van der Waals surface area contributed by atoms with Crippen molar-refractivity contribution < 1.29 is 9.84 Å². The van der Waals surface area contributed by atoms with Crippen molar-refractivity contribution in [3.63, 3.8) is 0 Å². The van der Waals surface area contributed by atoms with Crippen LogP contribution < -0.4 is 5.73 Å². The molecule has 1 saturated heterocycles. The first-order chi connectivity index (χ1) is 7.72. The molecule has 16 heavy (non-hydrogen) atoms. The largest absolute Gasteiger partial charge is 0.389 e. The van der Waals surface area contributed by atoms with Crippen molar-refractivity contribution in [3.05, 3.63) is 0 Å². The Hall–Kier alpha value is -0.120. The van der Waals surface area contributed by atoms with Crippen LogP contribution in [0.4, 0.5) is 0 Å². The lowest BCUT2D eigenvalue weighted by Gasteiger charge is -2.49. The Morgan fingerprint density at radius 3 is 2.00 bits per heavy atom. The molecule has 0 aromatic rings. The second-order valence-corrected chi connectivity index (χ2v) is 5.54. The number of hydrogen-bond donors (Lipinski definition) is 2. The Kier molecular flexibility index (Phi) is 3.88. The second kappa shape index (κ2) is 5.03. The van der Waals surface area contributed by atoms with Gasteiger partial charge in [0.2, 0.25) is 0 Å². The standard InChI is InChI=1S/C13H25NO2/c14-11-12(7-9-16-10-8-12)13(15)5-3-1-2-4-6-13/h15H,1-11,14H2. The van der Waals surface area contributed by atoms with Crippen LogP contribution in [0.3, 0.4) is 0 Å². The van der Waals surface area contributed by atoms with Crippen molar-refractivity contribution in [2.75, 3.05) is 19.8 Å². The summed E-state index contributed by atoms with van der Waals surface area (Å²) in [6.07, 6.45) is 8.56. The van der Waals surface area contributed by atoms with Crippen LogP contribution in [0.5, 0.6) is 0 Å². The van der Waals surface area contributed by atoms with E-state index in [1.807, 2.05) is 0 Å². The average Bonchev–Trinajstić information content (AvgIpc) is 2.56. The second-order valence-electron chi connectivity index (χ2n) is 5.54. The highest BCUT2D eigenvalue weighted by atomic mass is 16.5. The summed E-state index contributed by atoms with van der Waals surface area (Å²) >= 11 is 0. The van der Waals surface area contributed by atoms with Gasteiger partial charge < -0.3 is 15.6 Å². The molecular weight excluding hydrogens is 202 g/mol. The monoisotopic (exact) mass is 227 g/mol. The quantitative estimate of drug-likeness (QED) is 0.708. The van der Waals surface area contributed by atoms with Crippen molar-refractivity contribution in [2.24, 2.45) is 11.1 Å². The highest BCUT2D eigenvalue weighted by Crippen LogP contribution is 2.47. The Morgan fingerprint density at radius 2 is 1.50 bits per heavy atom.